The van der Waals surface area contributed by atoms with E-state index < -0.39 is 26.1 Å². The zero-order chi connectivity index (χ0) is 14.3. The molecule has 0 saturated carbocycles. The summed E-state index contributed by atoms with van der Waals surface area (Å²) in [5.74, 6) is -0.651. The quantitative estimate of drug-likeness (QED) is 0.787. The van der Waals surface area contributed by atoms with Crippen LogP contribution in [0.3, 0.4) is 0 Å². The van der Waals surface area contributed by atoms with Crippen molar-refractivity contribution in [2.75, 3.05) is 11.5 Å². The van der Waals surface area contributed by atoms with E-state index in [0.717, 1.165) is 0 Å². The van der Waals surface area contributed by atoms with Crippen molar-refractivity contribution >= 4 is 31.6 Å². The summed E-state index contributed by atoms with van der Waals surface area (Å²) in [5.41, 5.74) is 0. The maximum Gasteiger partial charge on any atom is 0.297 e. The van der Waals surface area contributed by atoms with Crippen molar-refractivity contribution in [1.29, 1.82) is 0 Å². The Labute approximate surface area is 117 Å². The molecule has 2 atom stereocenters. The monoisotopic (exact) mass is 324 g/mol. The molecule has 5 nitrogen and oxygen atoms in total. The predicted octanol–water partition coefficient (Wildman–Crippen LogP) is 1.48. The number of hydrogen-bond donors (Lipinski definition) is 0. The van der Waals surface area contributed by atoms with Gasteiger partial charge in [0, 0.05) is 5.02 Å². The van der Waals surface area contributed by atoms with Crippen LogP contribution in [-0.2, 0) is 24.1 Å². The molecule has 1 aromatic rings. The lowest BCUT2D eigenvalue weighted by Crippen LogP contribution is -2.24. The normalized spacial score (nSPS) is 26.4. The maximum atomic E-state index is 12.0. The highest BCUT2D eigenvalue weighted by Crippen LogP contribution is 2.26. The summed E-state index contributed by atoms with van der Waals surface area (Å²) in [6.07, 6.45) is -0.828. The van der Waals surface area contributed by atoms with Crippen molar-refractivity contribution in [3.8, 4) is 0 Å². The number of halogens is 1. The van der Waals surface area contributed by atoms with Crippen LogP contribution < -0.4 is 0 Å². The van der Waals surface area contributed by atoms with Gasteiger partial charge in [0.05, 0.1) is 22.5 Å². The number of benzene rings is 1. The zero-order valence-corrected chi connectivity index (χ0v) is 12.5. The van der Waals surface area contributed by atoms with Crippen molar-refractivity contribution in [3.63, 3.8) is 0 Å². The molecule has 1 aromatic carbocycles. The lowest BCUT2D eigenvalue weighted by molar-refractivity contribution is 0.192. The van der Waals surface area contributed by atoms with E-state index in [1.165, 1.54) is 24.3 Å². The van der Waals surface area contributed by atoms with Gasteiger partial charge in [-0.25, -0.2) is 8.42 Å². The second kappa shape index (κ2) is 5.05. The SMILES string of the molecule is CC1CS(=O)(=O)CC1OS(=O)(=O)c1ccc(Cl)cc1. The second-order valence-corrected chi connectivity index (χ2v) is 8.76. The average molecular weight is 325 g/mol. The molecule has 0 aliphatic carbocycles. The summed E-state index contributed by atoms with van der Waals surface area (Å²) in [5, 5.41) is 0.413. The van der Waals surface area contributed by atoms with Gasteiger partial charge in [-0.2, -0.15) is 8.42 Å². The van der Waals surface area contributed by atoms with Gasteiger partial charge < -0.3 is 0 Å². The Morgan fingerprint density at radius 2 is 1.79 bits per heavy atom. The van der Waals surface area contributed by atoms with E-state index in [-0.39, 0.29) is 22.3 Å². The third-order valence-corrected chi connectivity index (χ3v) is 6.39. The van der Waals surface area contributed by atoms with Gasteiger partial charge in [-0.1, -0.05) is 18.5 Å². The van der Waals surface area contributed by atoms with E-state index >= 15 is 0 Å². The van der Waals surface area contributed by atoms with Crippen LogP contribution in [0.15, 0.2) is 29.2 Å². The van der Waals surface area contributed by atoms with Crippen LogP contribution in [0.1, 0.15) is 6.92 Å². The fraction of sp³-hybridized carbons (Fsp3) is 0.455. The molecule has 1 fully saturated rings. The first-order chi connectivity index (χ1) is 8.70. The van der Waals surface area contributed by atoms with E-state index in [2.05, 4.69) is 0 Å². The van der Waals surface area contributed by atoms with E-state index in [9.17, 15) is 16.8 Å². The van der Waals surface area contributed by atoms with Crippen molar-refractivity contribution in [2.45, 2.75) is 17.9 Å². The van der Waals surface area contributed by atoms with Crippen molar-refractivity contribution in [2.24, 2.45) is 5.92 Å². The molecule has 2 unspecified atom stereocenters. The van der Waals surface area contributed by atoms with Crippen LogP contribution in [0.25, 0.3) is 0 Å². The number of rotatable bonds is 3. The van der Waals surface area contributed by atoms with Gasteiger partial charge in [-0.3, -0.25) is 4.18 Å². The van der Waals surface area contributed by atoms with Crippen LogP contribution >= 0.6 is 11.6 Å². The first-order valence-corrected chi connectivity index (χ1v) is 9.20. The first-order valence-electron chi connectivity index (χ1n) is 5.59. The molecule has 19 heavy (non-hydrogen) atoms. The standard InChI is InChI=1S/C11H13ClO5S2/c1-8-6-18(13,14)7-11(8)17-19(15,16)10-4-2-9(12)3-5-10/h2-5,8,11H,6-7H2,1H3. The van der Waals surface area contributed by atoms with Crippen LogP contribution in [0, 0.1) is 5.92 Å². The Balaban J connectivity index is 2.21. The van der Waals surface area contributed by atoms with E-state index in [4.69, 9.17) is 15.8 Å². The minimum Gasteiger partial charge on any atom is -0.262 e. The van der Waals surface area contributed by atoms with E-state index in [1.54, 1.807) is 6.92 Å². The lowest BCUT2D eigenvalue weighted by Gasteiger charge is -2.14. The Hall–Kier alpha value is -0.630. The van der Waals surface area contributed by atoms with Crippen LogP contribution in [0.2, 0.25) is 5.02 Å². The van der Waals surface area contributed by atoms with E-state index in [0.29, 0.717) is 5.02 Å². The van der Waals surface area contributed by atoms with Crippen LogP contribution in [-0.4, -0.2) is 34.4 Å². The third kappa shape index (κ3) is 3.47. The molecule has 0 N–H and O–H groups in total. The van der Waals surface area contributed by atoms with Gasteiger partial charge >= 0.3 is 0 Å². The topological polar surface area (TPSA) is 77.5 Å². The summed E-state index contributed by atoms with van der Waals surface area (Å²) in [6.45, 7) is 1.66. The molecule has 106 valence electrons. The summed E-state index contributed by atoms with van der Waals surface area (Å²) < 4.78 is 51.9. The largest absolute Gasteiger partial charge is 0.297 e. The van der Waals surface area contributed by atoms with Gasteiger partial charge in [-0.15, -0.1) is 0 Å². The van der Waals surface area contributed by atoms with Gasteiger partial charge in [0.1, 0.15) is 0 Å². The molecule has 1 aliphatic rings. The highest BCUT2D eigenvalue weighted by Gasteiger charge is 2.38. The van der Waals surface area contributed by atoms with E-state index in [1.807, 2.05) is 0 Å². The summed E-state index contributed by atoms with van der Waals surface area (Å²) in [4.78, 5) is -0.0339. The molecule has 8 heteroatoms. The van der Waals surface area contributed by atoms with Gasteiger partial charge in [0.25, 0.3) is 10.1 Å². The molecule has 1 saturated heterocycles. The van der Waals surface area contributed by atoms with Crippen LogP contribution in [0.5, 0.6) is 0 Å². The zero-order valence-electron chi connectivity index (χ0n) is 10.1. The molecule has 1 aliphatic heterocycles. The molecule has 2 rings (SSSR count). The third-order valence-electron chi connectivity index (χ3n) is 2.92. The molecular weight excluding hydrogens is 312 g/mol. The minimum absolute atomic E-state index is 0.0339. The Bertz CT molecular complexity index is 664. The van der Waals surface area contributed by atoms with Crippen molar-refractivity contribution in [3.05, 3.63) is 29.3 Å². The highest BCUT2D eigenvalue weighted by molar-refractivity contribution is 7.91. The predicted molar refractivity (Wildman–Crippen MR) is 71.3 cm³/mol. The second-order valence-electron chi connectivity index (χ2n) is 4.60. The smallest absolute Gasteiger partial charge is 0.262 e. The molecule has 0 spiro atoms. The Morgan fingerprint density at radius 1 is 1.21 bits per heavy atom. The summed E-state index contributed by atoms with van der Waals surface area (Å²) in [6, 6.07) is 5.52. The fourth-order valence-electron chi connectivity index (χ4n) is 1.93. The lowest BCUT2D eigenvalue weighted by atomic mass is 10.1. The maximum absolute atomic E-state index is 12.0. The minimum atomic E-state index is -3.97. The fourth-order valence-corrected chi connectivity index (χ4v) is 5.36. The average Bonchev–Trinajstić information content (AvgIpc) is 2.51. The Kier molecular flexibility index (Phi) is 3.92. The molecule has 1 heterocycles. The molecule has 0 aromatic heterocycles. The number of hydrogen-bond acceptors (Lipinski definition) is 5. The van der Waals surface area contributed by atoms with Crippen molar-refractivity contribution < 1.29 is 21.0 Å². The molecule has 0 amide bonds. The van der Waals surface area contributed by atoms with Gasteiger partial charge in [-0.05, 0) is 30.2 Å². The molecule has 0 bridgehead atoms. The first kappa shape index (κ1) is 14.8. The van der Waals surface area contributed by atoms with Gasteiger partial charge in [0.2, 0.25) is 0 Å². The molecule has 0 radical (unpaired) electrons. The van der Waals surface area contributed by atoms with Crippen LogP contribution in [0.4, 0.5) is 0 Å². The summed E-state index contributed by atoms with van der Waals surface area (Å²) in [7, 11) is -7.18. The highest BCUT2D eigenvalue weighted by atomic mass is 35.5. The van der Waals surface area contributed by atoms with Gasteiger partial charge in [0.15, 0.2) is 9.84 Å². The molecular formula is C11H13ClO5S2. The Morgan fingerprint density at radius 3 is 2.26 bits per heavy atom. The number of sulfone groups is 1. The van der Waals surface area contributed by atoms with Crippen molar-refractivity contribution in [1.82, 2.24) is 0 Å². The summed E-state index contributed by atoms with van der Waals surface area (Å²) >= 11 is 5.68.